The molecule has 8 N–H and O–H groups in total. The van der Waals surface area contributed by atoms with Crippen LogP contribution in [0.15, 0.2) is 24.3 Å². The van der Waals surface area contributed by atoms with Crippen LogP contribution < -0.4 is 0 Å². The minimum absolute atomic E-state index is 0.511. The number of rotatable bonds is 8. The van der Waals surface area contributed by atoms with E-state index in [1.807, 2.05) is 0 Å². The third kappa shape index (κ3) is 5.95. The molecule has 2 rings (SSSR count). The molecular formula is C20H12O16. The molecule has 0 spiro atoms. The SMILES string of the molecule is O=C(O)c1cc(C(=O)O)c(C(=O)O)cc1C(=O)O.O=C(O)c1ccc(C(=O)O)c(C(=O)O)c1C(=O)O. The monoisotopic (exact) mass is 508 g/mol. The van der Waals surface area contributed by atoms with Crippen molar-refractivity contribution in [3.05, 3.63) is 68.8 Å². The van der Waals surface area contributed by atoms with Crippen molar-refractivity contribution in [3.63, 3.8) is 0 Å². The smallest absolute Gasteiger partial charge is 0.337 e. The molecule has 0 saturated heterocycles. The van der Waals surface area contributed by atoms with E-state index in [0.717, 1.165) is 12.1 Å². The maximum atomic E-state index is 10.9. The number of benzene rings is 2. The molecule has 0 saturated carbocycles. The zero-order chi connectivity index (χ0) is 28.1. The quantitative estimate of drug-likeness (QED) is 0.246. The van der Waals surface area contributed by atoms with Crippen LogP contribution in [0.25, 0.3) is 0 Å². The molecule has 0 aliphatic carbocycles. The summed E-state index contributed by atoms with van der Waals surface area (Å²) in [4.78, 5) is 86.5. The van der Waals surface area contributed by atoms with E-state index < -0.39 is 92.3 Å². The van der Waals surface area contributed by atoms with Gasteiger partial charge in [0.05, 0.1) is 44.5 Å². The molecular weight excluding hydrogens is 496 g/mol. The predicted molar refractivity (Wildman–Crippen MR) is 109 cm³/mol. The molecule has 2 aromatic rings. The van der Waals surface area contributed by atoms with Crippen molar-refractivity contribution in [2.75, 3.05) is 0 Å². The van der Waals surface area contributed by atoms with E-state index in [-0.39, 0.29) is 0 Å². The van der Waals surface area contributed by atoms with Crippen LogP contribution in [0, 0.1) is 0 Å². The van der Waals surface area contributed by atoms with Crippen LogP contribution in [0.2, 0.25) is 0 Å². The van der Waals surface area contributed by atoms with Gasteiger partial charge < -0.3 is 40.9 Å². The first kappa shape index (κ1) is 28.2. The highest BCUT2D eigenvalue weighted by Gasteiger charge is 2.29. The minimum atomic E-state index is -1.83. The highest BCUT2D eigenvalue weighted by Crippen LogP contribution is 2.21. The lowest BCUT2D eigenvalue weighted by Gasteiger charge is -2.08. The number of hydrogen-bond acceptors (Lipinski definition) is 8. The van der Waals surface area contributed by atoms with Gasteiger partial charge >= 0.3 is 47.8 Å². The summed E-state index contributed by atoms with van der Waals surface area (Å²) < 4.78 is 0. The van der Waals surface area contributed by atoms with Gasteiger partial charge in [-0.15, -0.1) is 0 Å². The maximum Gasteiger partial charge on any atom is 0.337 e. The van der Waals surface area contributed by atoms with Gasteiger partial charge in [0.1, 0.15) is 0 Å². The zero-order valence-corrected chi connectivity index (χ0v) is 17.2. The molecule has 16 nitrogen and oxygen atoms in total. The summed E-state index contributed by atoms with van der Waals surface area (Å²) in [7, 11) is 0. The van der Waals surface area contributed by atoms with Crippen molar-refractivity contribution in [1.29, 1.82) is 0 Å². The molecule has 2 aromatic carbocycles. The van der Waals surface area contributed by atoms with E-state index in [9.17, 15) is 38.4 Å². The summed E-state index contributed by atoms with van der Waals surface area (Å²) in [5.74, 6) is -13.6. The second-order valence-corrected chi connectivity index (χ2v) is 6.30. The Hall–Kier alpha value is -5.80. The molecule has 0 aliphatic rings. The van der Waals surface area contributed by atoms with E-state index in [1.165, 1.54) is 0 Å². The van der Waals surface area contributed by atoms with Gasteiger partial charge in [-0.2, -0.15) is 0 Å². The van der Waals surface area contributed by atoms with Crippen LogP contribution in [0.5, 0.6) is 0 Å². The third-order valence-electron chi connectivity index (χ3n) is 4.17. The average Bonchev–Trinajstić information content (AvgIpc) is 2.76. The van der Waals surface area contributed by atoms with E-state index in [4.69, 9.17) is 40.9 Å². The summed E-state index contributed by atoms with van der Waals surface area (Å²) in [5.41, 5.74) is -6.84. The minimum Gasteiger partial charge on any atom is -0.478 e. The molecule has 36 heavy (non-hydrogen) atoms. The van der Waals surface area contributed by atoms with Crippen molar-refractivity contribution in [2.24, 2.45) is 0 Å². The lowest BCUT2D eigenvalue weighted by molar-refractivity contribution is 0.0619. The van der Waals surface area contributed by atoms with Crippen LogP contribution in [0.3, 0.4) is 0 Å². The van der Waals surface area contributed by atoms with Gasteiger partial charge in [-0.1, -0.05) is 0 Å². The highest BCUT2D eigenvalue weighted by molar-refractivity contribution is 6.14. The standard InChI is InChI=1S/2C10H6O8/c11-7(12)3-1-4(8(13)14)6(10(17)18)2-5(3)9(15)16;11-7(12)3-1-2-4(8(13)14)6(10(17)18)5(3)9(15)16/h2*1-2H,(H,11,12)(H,13,14)(H,15,16)(H,17,18). The normalized spacial score (nSPS) is 9.78. The largest absolute Gasteiger partial charge is 0.478 e. The van der Waals surface area contributed by atoms with Gasteiger partial charge in [-0.05, 0) is 24.3 Å². The molecule has 0 fully saturated rings. The Bertz CT molecular complexity index is 1170. The lowest BCUT2D eigenvalue weighted by Crippen LogP contribution is -2.19. The Kier molecular flexibility index (Phi) is 8.53. The summed E-state index contributed by atoms with van der Waals surface area (Å²) in [6.07, 6.45) is 0. The zero-order valence-electron chi connectivity index (χ0n) is 17.2. The maximum absolute atomic E-state index is 10.9. The number of aromatic carboxylic acids is 8. The number of carbonyl (C=O) groups is 8. The first-order valence-electron chi connectivity index (χ1n) is 8.74. The Balaban J connectivity index is 0.000000360. The topological polar surface area (TPSA) is 298 Å². The van der Waals surface area contributed by atoms with Gasteiger partial charge in [0, 0.05) is 0 Å². The fourth-order valence-corrected chi connectivity index (χ4v) is 2.71. The van der Waals surface area contributed by atoms with Crippen molar-refractivity contribution in [3.8, 4) is 0 Å². The molecule has 0 radical (unpaired) electrons. The first-order chi connectivity index (χ1) is 16.5. The van der Waals surface area contributed by atoms with Gasteiger partial charge in [0.25, 0.3) is 0 Å². The Morgan fingerprint density at radius 1 is 0.333 bits per heavy atom. The van der Waals surface area contributed by atoms with Crippen LogP contribution in [0.4, 0.5) is 0 Å². The summed E-state index contributed by atoms with van der Waals surface area (Å²) in [6.45, 7) is 0. The molecule has 0 aromatic heterocycles. The Labute approximate surface area is 196 Å². The molecule has 0 atom stereocenters. The second kappa shape index (κ2) is 10.9. The molecule has 188 valence electrons. The summed E-state index contributed by atoms with van der Waals surface area (Å²) >= 11 is 0. The Morgan fingerprint density at radius 3 is 0.667 bits per heavy atom. The van der Waals surface area contributed by atoms with Crippen LogP contribution in [0.1, 0.15) is 82.9 Å². The van der Waals surface area contributed by atoms with Crippen molar-refractivity contribution >= 4 is 47.8 Å². The van der Waals surface area contributed by atoms with Crippen LogP contribution in [-0.4, -0.2) is 88.6 Å². The molecule has 0 amide bonds. The first-order valence-corrected chi connectivity index (χ1v) is 8.74. The summed E-state index contributed by atoms with van der Waals surface area (Å²) in [6, 6.07) is 2.50. The van der Waals surface area contributed by atoms with E-state index in [0.29, 0.717) is 12.1 Å². The van der Waals surface area contributed by atoms with E-state index >= 15 is 0 Å². The predicted octanol–water partition coefficient (Wildman–Crippen LogP) is 0.959. The molecule has 0 unspecified atom stereocenters. The summed E-state index contributed by atoms with van der Waals surface area (Å²) in [5, 5.41) is 70.1. The van der Waals surface area contributed by atoms with Crippen molar-refractivity contribution in [2.45, 2.75) is 0 Å². The van der Waals surface area contributed by atoms with E-state index in [2.05, 4.69) is 0 Å². The molecule has 0 bridgehead atoms. The molecule has 16 heteroatoms. The van der Waals surface area contributed by atoms with Gasteiger partial charge in [0.2, 0.25) is 0 Å². The van der Waals surface area contributed by atoms with Gasteiger partial charge in [-0.3, -0.25) is 0 Å². The lowest BCUT2D eigenvalue weighted by atomic mass is 9.95. The van der Waals surface area contributed by atoms with Gasteiger partial charge in [0.15, 0.2) is 0 Å². The second-order valence-electron chi connectivity index (χ2n) is 6.30. The fraction of sp³-hybridized carbons (Fsp3) is 0. The average molecular weight is 508 g/mol. The number of carboxylic acids is 8. The van der Waals surface area contributed by atoms with Crippen molar-refractivity contribution < 1.29 is 79.2 Å². The van der Waals surface area contributed by atoms with Gasteiger partial charge in [-0.25, -0.2) is 38.4 Å². The van der Waals surface area contributed by atoms with Crippen molar-refractivity contribution in [1.82, 2.24) is 0 Å². The molecule has 0 heterocycles. The Morgan fingerprint density at radius 2 is 0.528 bits per heavy atom. The fourth-order valence-electron chi connectivity index (χ4n) is 2.71. The number of carboxylic acid groups (broad SMARTS) is 8. The number of hydrogen-bond donors (Lipinski definition) is 8. The van der Waals surface area contributed by atoms with Crippen LogP contribution >= 0.6 is 0 Å². The molecule has 0 aliphatic heterocycles. The van der Waals surface area contributed by atoms with E-state index in [1.54, 1.807) is 0 Å². The highest BCUT2D eigenvalue weighted by atomic mass is 16.4. The third-order valence-corrected chi connectivity index (χ3v) is 4.17. The van der Waals surface area contributed by atoms with Crippen LogP contribution in [-0.2, 0) is 0 Å².